The zero-order valence-corrected chi connectivity index (χ0v) is 11.3. The van der Waals surface area contributed by atoms with Crippen molar-refractivity contribution in [2.24, 2.45) is 0 Å². The Kier molecular flexibility index (Phi) is 4.13. The molecular weight excluding hydrogens is 256 g/mol. The fourth-order valence-electron chi connectivity index (χ4n) is 1.24. The fourth-order valence-corrected chi connectivity index (χ4v) is 2.48. The molecule has 1 aromatic rings. The van der Waals surface area contributed by atoms with Crippen molar-refractivity contribution >= 4 is 16.1 Å². The normalized spacial score (nSPS) is 15.1. The molecule has 5 nitrogen and oxygen atoms in total. The highest BCUT2D eigenvalue weighted by Crippen LogP contribution is 2.23. The topological polar surface area (TPSA) is 80.7 Å². The summed E-state index contributed by atoms with van der Waals surface area (Å²) in [7, 11) is -4.07. The standard InChI is InChI=1S/C12H16O5S/c1-4-12(3,11(13)14)17-18(15,16)10-7-5-9(2)6-8-10/h5-8H,4H2,1-3H3,(H,13,14)/t12-/m0/s1. The van der Waals surface area contributed by atoms with Crippen LogP contribution in [0.2, 0.25) is 0 Å². The summed E-state index contributed by atoms with van der Waals surface area (Å²) in [5, 5.41) is 9.00. The van der Waals surface area contributed by atoms with Crippen LogP contribution in [0.3, 0.4) is 0 Å². The molecule has 0 aromatic heterocycles. The van der Waals surface area contributed by atoms with Gasteiger partial charge in [0, 0.05) is 0 Å². The maximum absolute atomic E-state index is 11.9. The van der Waals surface area contributed by atoms with Crippen LogP contribution in [-0.2, 0) is 19.1 Å². The number of carboxylic acids is 1. The van der Waals surface area contributed by atoms with Gasteiger partial charge in [0.05, 0.1) is 4.90 Å². The van der Waals surface area contributed by atoms with Crippen LogP contribution in [-0.4, -0.2) is 25.1 Å². The van der Waals surface area contributed by atoms with Crippen LogP contribution in [0.15, 0.2) is 29.2 Å². The van der Waals surface area contributed by atoms with E-state index in [1.807, 2.05) is 6.92 Å². The molecule has 1 N–H and O–H groups in total. The summed E-state index contributed by atoms with van der Waals surface area (Å²) in [6.07, 6.45) is 0.0490. The number of benzene rings is 1. The van der Waals surface area contributed by atoms with E-state index in [4.69, 9.17) is 9.29 Å². The number of aliphatic carboxylic acids is 1. The predicted octanol–water partition coefficient (Wildman–Crippen LogP) is 1.95. The molecule has 0 saturated heterocycles. The van der Waals surface area contributed by atoms with E-state index < -0.39 is 21.7 Å². The minimum atomic E-state index is -4.07. The van der Waals surface area contributed by atoms with Crippen molar-refractivity contribution in [2.45, 2.75) is 37.7 Å². The first-order valence-corrected chi connectivity index (χ1v) is 6.88. The molecule has 0 saturated carbocycles. The monoisotopic (exact) mass is 272 g/mol. The van der Waals surface area contributed by atoms with Crippen molar-refractivity contribution in [2.75, 3.05) is 0 Å². The molecule has 18 heavy (non-hydrogen) atoms. The highest BCUT2D eigenvalue weighted by molar-refractivity contribution is 7.86. The first-order valence-electron chi connectivity index (χ1n) is 5.47. The van der Waals surface area contributed by atoms with E-state index in [0.29, 0.717) is 0 Å². The maximum atomic E-state index is 11.9. The molecule has 0 amide bonds. The van der Waals surface area contributed by atoms with Crippen molar-refractivity contribution in [1.29, 1.82) is 0 Å². The van der Waals surface area contributed by atoms with Crippen molar-refractivity contribution in [3.63, 3.8) is 0 Å². The minimum Gasteiger partial charge on any atom is -0.479 e. The molecule has 0 bridgehead atoms. The SMILES string of the molecule is CC[C@](C)(OS(=O)(=O)c1ccc(C)cc1)C(=O)O. The number of hydrogen-bond donors (Lipinski definition) is 1. The van der Waals surface area contributed by atoms with Gasteiger partial charge in [-0.3, -0.25) is 0 Å². The lowest BCUT2D eigenvalue weighted by Gasteiger charge is -2.22. The zero-order valence-electron chi connectivity index (χ0n) is 10.5. The lowest BCUT2D eigenvalue weighted by atomic mass is 10.1. The second kappa shape index (κ2) is 5.07. The van der Waals surface area contributed by atoms with Gasteiger partial charge in [0.25, 0.3) is 10.1 Å². The number of carboxylic acid groups (broad SMARTS) is 1. The Bertz CT molecular complexity index is 532. The molecule has 0 aliphatic heterocycles. The van der Waals surface area contributed by atoms with Crippen molar-refractivity contribution in [3.8, 4) is 0 Å². The van der Waals surface area contributed by atoms with E-state index >= 15 is 0 Å². The molecule has 0 radical (unpaired) electrons. The highest BCUT2D eigenvalue weighted by atomic mass is 32.2. The van der Waals surface area contributed by atoms with E-state index in [1.165, 1.54) is 19.1 Å². The molecule has 1 aromatic carbocycles. The average molecular weight is 272 g/mol. The molecule has 100 valence electrons. The van der Waals surface area contributed by atoms with Crippen LogP contribution in [0.4, 0.5) is 0 Å². The third-order valence-electron chi connectivity index (χ3n) is 2.73. The first-order chi connectivity index (χ1) is 8.21. The fraction of sp³-hybridized carbons (Fsp3) is 0.417. The van der Waals surface area contributed by atoms with Gasteiger partial charge in [-0.2, -0.15) is 8.42 Å². The lowest BCUT2D eigenvalue weighted by Crippen LogP contribution is -2.39. The summed E-state index contributed by atoms with van der Waals surface area (Å²) in [5.74, 6) is -1.30. The molecule has 0 aliphatic rings. The Labute approximate surface area is 107 Å². The van der Waals surface area contributed by atoms with Gasteiger partial charge in [-0.05, 0) is 32.4 Å². The van der Waals surface area contributed by atoms with Gasteiger partial charge in [0.15, 0.2) is 5.60 Å². The number of rotatable bonds is 5. The van der Waals surface area contributed by atoms with E-state index in [2.05, 4.69) is 0 Å². The number of aryl methyl sites for hydroxylation is 1. The minimum absolute atomic E-state index is 0.0472. The van der Waals surface area contributed by atoms with Gasteiger partial charge < -0.3 is 5.11 Å². The number of carbonyl (C=O) groups is 1. The molecule has 1 atom stereocenters. The quantitative estimate of drug-likeness (QED) is 0.829. The van der Waals surface area contributed by atoms with Crippen LogP contribution in [0.25, 0.3) is 0 Å². The third-order valence-corrected chi connectivity index (χ3v) is 4.17. The predicted molar refractivity (Wildman–Crippen MR) is 65.8 cm³/mol. The molecule has 1 rings (SSSR count). The van der Waals surface area contributed by atoms with Crippen LogP contribution in [0, 0.1) is 6.92 Å². The molecule has 6 heteroatoms. The van der Waals surface area contributed by atoms with Gasteiger partial charge >= 0.3 is 5.97 Å². The Balaban J connectivity index is 3.09. The molecule has 0 heterocycles. The van der Waals surface area contributed by atoms with Gasteiger partial charge in [0.2, 0.25) is 0 Å². The van der Waals surface area contributed by atoms with Gasteiger partial charge in [-0.25, -0.2) is 8.98 Å². The molecule has 0 aliphatic carbocycles. The van der Waals surface area contributed by atoms with Crippen LogP contribution >= 0.6 is 0 Å². The van der Waals surface area contributed by atoms with E-state index in [0.717, 1.165) is 5.56 Å². The molecular formula is C12H16O5S. The van der Waals surface area contributed by atoms with Gasteiger partial charge in [-0.1, -0.05) is 24.6 Å². The van der Waals surface area contributed by atoms with Crippen molar-refractivity contribution in [3.05, 3.63) is 29.8 Å². The summed E-state index contributed by atoms with van der Waals surface area (Å²) < 4.78 is 28.7. The first kappa shape index (κ1) is 14.7. The van der Waals surface area contributed by atoms with E-state index in [1.54, 1.807) is 19.1 Å². The van der Waals surface area contributed by atoms with Crippen molar-refractivity contribution < 1.29 is 22.5 Å². The third kappa shape index (κ3) is 3.08. The Morgan fingerprint density at radius 2 is 1.83 bits per heavy atom. The number of hydrogen-bond acceptors (Lipinski definition) is 4. The molecule has 0 fully saturated rings. The lowest BCUT2D eigenvalue weighted by molar-refractivity contribution is -0.153. The second-order valence-corrected chi connectivity index (χ2v) is 5.79. The van der Waals surface area contributed by atoms with Crippen molar-refractivity contribution in [1.82, 2.24) is 0 Å². The van der Waals surface area contributed by atoms with Crippen LogP contribution < -0.4 is 0 Å². The Hall–Kier alpha value is -1.40. The van der Waals surface area contributed by atoms with E-state index in [9.17, 15) is 13.2 Å². The zero-order chi connectivity index (χ0) is 14.0. The van der Waals surface area contributed by atoms with Gasteiger partial charge in [0.1, 0.15) is 0 Å². The molecule has 0 unspecified atom stereocenters. The summed E-state index contributed by atoms with van der Waals surface area (Å²) in [4.78, 5) is 11.0. The highest BCUT2D eigenvalue weighted by Gasteiger charge is 2.38. The Morgan fingerprint density at radius 1 is 1.33 bits per heavy atom. The summed E-state index contributed by atoms with van der Waals surface area (Å²) in [6.45, 7) is 4.62. The van der Waals surface area contributed by atoms with Crippen LogP contribution in [0.1, 0.15) is 25.8 Å². The molecule has 0 spiro atoms. The summed E-state index contributed by atoms with van der Waals surface area (Å²) in [6, 6.07) is 6.03. The van der Waals surface area contributed by atoms with E-state index in [-0.39, 0.29) is 11.3 Å². The van der Waals surface area contributed by atoms with Gasteiger partial charge in [-0.15, -0.1) is 0 Å². The summed E-state index contributed by atoms with van der Waals surface area (Å²) in [5.41, 5.74) is -0.838. The largest absolute Gasteiger partial charge is 0.479 e. The average Bonchev–Trinajstić information content (AvgIpc) is 2.28. The smallest absolute Gasteiger partial charge is 0.337 e. The second-order valence-electron chi connectivity index (χ2n) is 4.24. The Morgan fingerprint density at radius 3 is 2.22 bits per heavy atom. The van der Waals surface area contributed by atoms with Crippen LogP contribution in [0.5, 0.6) is 0 Å². The summed E-state index contributed by atoms with van der Waals surface area (Å²) >= 11 is 0. The maximum Gasteiger partial charge on any atom is 0.337 e.